The number of aromatic nitrogens is 1. The fraction of sp³-hybridized carbons (Fsp3) is 0.368. The van der Waals surface area contributed by atoms with Crippen molar-refractivity contribution < 1.29 is 4.39 Å². The lowest BCUT2D eigenvalue weighted by Crippen LogP contribution is -2.38. The molecule has 1 aromatic carbocycles. The molecular weight excluding hydrogens is 444 g/mol. The van der Waals surface area contributed by atoms with E-state index in [1.54, 1.807) is 18.3 Å². The summed E-state index contributed by atoms with van der Waals surface area (Å²) in [6.45, 7) is 4.01. The molecule has 1 N–H and O–H groups in total. The first-order chi connectivity index (χ1) is 12.0. The highest BCUT2D eigenvalue weighted by Crippen LogP contribution is 2.15. The van der Waals surface area contributed by atoms with Crippen molar-refractivity contribution in [1.82, 2.24) is 15.2 Å². The Morgan fingerprint density at radius 1 is 1.15 bits per heavy atom. The Bertz CT molecular complexity index is 703. The summed E-state index contributed by atoms with van der Waals surface area (Å²) in [5, 5.41) is 3.30. The maximum Gasteiger partial charge on any atom is 0.194 e. The van der Waals surface area contributed by atoms with E-state index >= 15 is 0 Å². The molecule has 1 aromatic heterocycles. The van der Waals surface area contributed by atoms with Crippen molar-refractivity contribution in [3.63, 3.8) is 0 Å². The molecule has 0 fully saturated rings. The van der Waals surface area contributed by atoms with Crippen LogP contribution in [0.4, 0.5) is 10.2 Å². The molecule has 0 saturated carbocycles. The average Bonchev–Trinajstić information content (AvgIpc) is 2.60. The molecule has 0 unspecified atom stereocenters. The van der Waals surface area contributed by atoms with E-state index in [9.17, 15) is 4.39 Å². The normalized spacial score (nSPS) is 10.9. The van der Waals surface area contributed by atoms with Crippen LogP contribution in [0, 0.1) is 5.82 Å². The third-order valence-electron chi connectivity index (χ3n) is 3.72. The SMILES string of the molecule is CCNC(=NCc1cccnc1N(C)C)N(C)Cc1ccc(F)cc1.I. The zero-order chi connectivity index (χ0) is 18.2. The largest absolute Gasteiger partial charge is 0.362 e. The highest BCUT2D eigenvalue weighted by molar-refractivity contribution is 14.0. The number of guanidine groups is 1. The Labute approximate surface area is 172 Å². The van der Waals surface area contributed by atoms with Crippen molar-refractivity contribution in [3.05, 3.63) is 59.5 Å². The molecule has 0 bridgehead atoms. The van der Waals surface area contributed by atoms with Gasteiger partial charge in [-0.2, -0.15) is 0 Å². The minimum absolute atomic E-state index is 0. The smallest absolute Gasteiger partial charge is 0.194 e. The summed E-state index contributed by atoms with van der Waals surface area (Å²) in [7, 11) is 5.92. The Balaban J connectivity index is 0.00000338. The van der Waals surface area contributed by atoms with Gasteiger partial charge in [-0.3, -0.25) is 0 Å². The van der Waals surface area contributed by atoms with E-state index in [1.807, 2.05) is 50.0 Å². The van der Waals surface area contributed by atoms with Gasteiger partial charge in [0, 0.05) is 46.0 Å². The summed E-state index contributed by atoms with van der Waals surface area (Å²) < 4.78 is 13.1. The number of hydrogen-bond acceptors (Lipinski definition) is 3. The first-order valence-electron chi connectivity index (χ1n) is 8.36. The number of pyridine rings is 1. The van der Waals surface area contributed by atoms with Crippen LogP contribution in [0.15, 0.2) is 47.6 Å². The van der Waals surface area contributed by atoms with E-state index in [-0.39, 0.29) is 29.8 Å². The van der Waals surface area contributed by atoms with Crippen molar-refractivity contribution in [1.29, 1.82) is 0 Å². The van der Waals surface area contributed by atoms with Crippen LogP contribution in [-0.4, -0.2) is 43.5 Å². The van der Waals surface area contributed by atoms with Gasteiger partial charge in [-0.25, -0.2) is 14.4 Å². The van der Waals surface area contributed by atoms with Crippen molar-refractivity contribution in [2.24, 2.45) is 4.99 Å². The zero-order valence-corrected chi connectivity index (χ0v) is 18.1. The highest BCUT2D eigenvalue weighted by Gasteiger charge is 2.09. The Morgan fingerprint density at radius 2 is 1.85 bits per heavy atom. The van der Waals surface area contributed by atoms with Crippen molar-refractivity contribution in [3.8, 4) is 0 Å². The predicted octanol–water partition coefficient (Wildman–Crippen LogP) is 3.50. The molecule has 1 heterocycles. The fourth-order valence-electron chi connectivity index (χ4n) is 2.52. The van der Waals surface area contributed by atoms with Gasteiger partial charge in [-0.15, -0.1) is 24.0 Å². The molecule has 0 radical (unpaired) electrons. The van der Waals surface area contributed by atoms with Gasteiger partial charge < -0.3 is 15.1 Å². The number of anilines is 1. The molecule has 0 saturated heterocycles. The monoisotopic (exact) mass is 471 g/mol. The van der Waals surface area contributed by atoms with Gasteiger partial charge in [0.05, 0.1) is 6.54 Å². The third kappa shape index (κ3) is 6.44. The third-order valence-corrected chi connectivity index (χ3v) is 3.72. The first-order valence-corrected chi connectivity index (χ1v) is 8.36. The molecule has 7 heteroatoms. The number of aliphatic imine (C=N–C) groups is 1. The second-order valence-corrected chi connectivity index (χ2v) is 6.03. The summed E-state index contributed by atoms with van der Waals surface area (Å²) in [4.78, 5) is 13.2. The predicted molar refractivity (Wildman–Crippen MR) is 117 cm³/mol. The summed E-state index contributed by atoms with van der Waals surface area (Å²) in [5.74, 6) is 1.50. The van der Waals surface area contributed by atoms with E-state index in [0.717, 1.165) is 29.4 Å². The van der Waals surface area contributed by atoms with Crippen LogP contribution in [0.1, 0.15) is 18.1 Å². The second-order valence-electron chi connectivity index (χ2n) is 6.03. The lowest BCUT2D eigenvalue weighted by atomic mass is 10.2. The maximum absolute atomic E-state index is 13.1. The van der Waals surface area contributed by atoms with E-state index in [4.69, 9.17) is 4.99 Å². The number of hydrogen-bond donors (Lipinski definition) is 1. The molecule has 2 rings (SSSR count). The van der Waals surface area contributed by atoms with Crippen LogP contribution < -0.4 is 10.2 Å². The van der Waals surface area contributed by atoms with Crippen molar-refractivity contribution >= 4 is 35.8 Å². The van der Waals surface area contributed by atoms with Crippen LogP contribution >= 0.6 is 24.0 Å². The summed E-state index contributed by atoms with van der Waals surface area (Å²) >= 11 is 0. The van der Waals surface area contributed by atoms with Crippen LogP contribution in [0.25, 0.3) is 0 Å². The van der Waals surface area contributed by atoms with E-state index in [0.29, 0.717) is 13.1 Å². The molecule has 0 atom stereocenters. The van der Waals surface area contributed by atoms with Crippen LogP contribution in [-0.2, 0) is 13.1 Å². The molecule has 0 aliphatic heterocycles. The fourth-order valence-corrected chi connectivity index (χ4v) is 2.52. The number of halogens is 2. The standard InChI is InChI=1S/C19H26FN5.HI/c1-5-21-19(25(4)14-15-8-10-17(20)11-9-15)23-13-16-7-6-12-22-18(16)24(2)3;/h6-12H,5,13-14H2,1-4H3,(H,21,23);1H. The van der Waals surface area contributed by atoms with Crippen LogP contribution in [0.5, 0.6) is 0 Å². The maximum atomic E-state index is 13.1. The van der Waals surface area contributed by atoms with Gasteiger partial charge >= 0.3 is 0 Å². The van der Waals surface area contributed by atoms with Gasteiger partial charge in [0.15, 0.2) is 5.96 Å². The summed E-state index contributed by atoms with van der Waals surface area (Å²) in [5.41, 5.74) is 2.10. The first kappa shape index (κ1) is 22.1. The number of nitrogens with zero attached hydrogens (tertiary/aromatic N) is 4. The molecule has 0 amide bonds. The number of rotatable bonds is 6. The number of nitrogens with one attached hydrogen (secondary N) is 1. The van der Waals surface area contributed by atoms with E-state index < -0.39 is 0 Å². The summed E-state index contributed by atoms with van der Waals surface area (Å²) in [6, 6.07) is 10.5. The van der Waals surface area contributed by atoms with Gasteiger partial charge in [0.1, 0.15) is 11.6 Å². The van der Waals surface area contributed by atoms with E-state index in [2.05, 4.69) is 10.3 Å². The van der Waals surface area contributed by atoms with E-state index in [1.165, 1.54) is 12.1 Å². The Hall–Kier alpha value is -1.90. The lowest BCUT2D eigenvalue weighted by molar-refractivity contribution is 0.476. The molecule has 5 nitrogen and oxygen atoms in total. The topological polar surface area (TPSA) is 43.8 Å². The quantitative estimate of drug-likeness (QED) is 0.398. The van der Waals surface area contributed by atoms with Gasteiger partial charge in [0.25, 0.3) is 0 Å². The summed E-state index contributed by atoms with van der Waals surface area (Å²) in [6.07, 6.45) is 1.79. The van der Waals surface area contributed by atoms with Gasteiger partial charge in [0.2, 0.25) is 0 Å². The zero-order valence-electron chi connectivity index (χ0n) is 15.7. The minimum atomic E-state index is -0.222. The van der Waals surface area contributed by atoms with Crippen LogP contribution in [0.2, 0.25) is 0 Å². The molecular formula is C19H27FIN5. The van der Waals surface area contributed by atoms with Crippen molar-refractivity contribution in [2.75, 3.05) is 32.6 Å². The van der Waals surface area contributed by atoms with Crippen LogP contribution in [0.3, 0.4) is 0 Å². The molecule has 0 aliphatic carbocycles. The second kappa shape index (κ2) is 10.9. The molecule has 0 spiro atoms. The van der Waals surface area contributed by atoms with Crippen molar-refractivity contribution in [2.45, 2.75) is 20.0 Å². The Kier molecular flexibility index (Phi) is 9.32. The molecule has 142 valence electrons. The molecule has 2 aromatic rings. The Morgan fingerprint density at radius 3 is 2.46 bits per heavy atom. The lowest BCUT2D eigenvalue weighted by Gasteiger charge is -2.22. The van der Waals surface area contributed by atoms with Gasteiger partial charge in [-0.1, -0.05) is 18.2 Å². The molecule has 0 aliphatic rings. The average molecular weight is 471 g/mol. The number of benzene rings is 1. The molecule has 26 heavy (non-hydrogen) atoms. The highest BCUT2D eigenvalue weighted by atomic mass is 127. The minimum Gasteiger partial charge on any atom is -0.362 e. The van der Waals surface area contributed by atoms with Gasteiger partial charge in [-0.05, 0) is 30.7 Å².